The SMILES string of the molecule is c1ccc(-c2ccc(-c3cccc4ccccc34)cc2N(c2cccc(-c3cccc4c3oc3ccccc34)c2)c2ccc3sc4ccccc4c3c2)cc1. The molecule has 0 amide bonds. The molecule has 0 aliphatic carbocycles. The number of thiophene rings is 1. The molecule has 0 saturated carbocycles. The van der Waals surface area contributed by atoms with Crippen molar-refractivity contribution in [1.82, 2.24) is 0 Å². The van der Waals surface area contributed by atoms with Gasteiger partial charge >= 0.3 is 0 Å². The summed E-state index contributed by atoms with van der Waals surface area (Å²) in [7, 11) is 0. The van der Waals surface area contributed by atoms with Crippen molar-refractivity contribution >= 4 is 81.3 Å². The van der Waals surface area contributed by atoms with Gasteiger partial charge in [-0.15, -0.1) is 11.3 Å². The van der Waals surface area contributed by atoms with E-state index in [1.54, 1.807) is 0 Å². The standard InChI is InChI=1S/C52H33NOS/c1-2-13-35(14-3-1)42-29-27-37(41-22-11-16-34-15-4-5-19-40(34)41)32-48(42)53(39-28-30-51-47(33-39)45-21-7-9-26-50(45)55-51)38-18-10-17-36(31-38)43-23-12-24-46-44-20-6-8-25-49(44)54-52(43)46/h1-33H. The first-order valence-electron chi connectivity index (χ1n) is 18.7. The van der Waals surface area contributed by atoms with Gasteiger partial charge in [0.1, 0.15) is 11.2 Å². The van der Waals surface area contributed by atoms with Gasteiger partial charge in [-0.2, -0.15) is 0 Å². The van der Waals surface area contributed by atoms with E-state index in [-0.39, 0.29) is 0 Å². The van der Waals surface area contributed by atoms with Crippen LogP contribution in [0.1, 0.15) is 0 Å². The Morgan fingerprint density at radius 1 is 0.364 bits per heavy atom. The quantitative estimate of drug-likeness (QED) is 0.170. The minimum Gasteiger partial charge on any atom is -0.455 e. The van der Waals surface area contributed by atoms with E-state index >= 15 is 0 Å². The largest absolute Gasteiger partial charge is 0.455 e. The zero-order valence-corrected chi connectivity index (χ0v) is 30.6. The van der Waals surface area contributed by atoms with Crippen LogP contribution in [0.5, 0.6) is 0 Å². The van der Waals surface area contributed by atoms with Gasteiger partial charge in [-0.25, -0.2) is 0 Å². The molecule has 0 saturated heterocycles. The van der Waals surface area contributed by atoms with Crippen LogP contribution in [0.2, 0.25) is 0 Å². The summed E-state index contributed by atoms with van der Waals surface area (Å²) in [5, 5.41) is 7.26. The van der Waals surface area contributed by atoms with Crippen molar-refractivity contribution in [3.63, 3.8) is 0 Å². The highest BCUT2D eigenvalue weighted by Gasteiger charge is 2.21. The van der Waals surface area contributed by atoms with E-state index < -0.39 is 0 Å². The van der Waals surface area contributed by atoms with E-state index in [2.05, 4.69) is 199 Å². The lowest BCUT2D eigenvalue weighted by molar-refractivity contribution is 0.670. The van der Waals surface area contributed by atoms with Gasteiger partial charge in [0.05, 0.1) is 5.69 Å². The smallest absolute Gasteiger partial charge is 0.143 e. The predicted octanol–water partition coefficient (Wildman–Crippen LogP) is 15.6. The van der Waals surface area contributed by atoms with Gasteiger partial charge in [-0.1, -0.05) is 152 Å². The molecule has 0 fully saturated rings. The van der Waals surface area contributed by atoms with Crippen LogP contribution in [0.3, 0.4) is 0 Å². The first-order valence-corrected chi connectivity index (χ1v) is 19.5. The normalized spacial score (nSPS) is 11.6. The lowest BCUT2D eigenvalue weighted by Gasteiger charge is -2.29. The van der Waals surface area contributed by atoms with Gasteiger partial charge in [0.15, 0.2) is 0 Å². The molecule has 258 valence electrons. The van der Waals surface area contributed by atoms with Gasteiger partial charge in [0, 0.05) is 53.4 Å². The lowest BCUT2D eigenvalue weighted by atomic mass is 9.94. The minimum atomic E-state index is 0.900. The van der Waals surface area contributed by atoms with Crippen LogP contribution in [-0.4, -0.2) is 0 Å². The Labute approximate surface area is 322 Å². The number of fused-ring (bicyclic) bond motifs is 7. The van der Waals surface area contributed by atoms with Gasteiger partial charge in [-0.05, 0) is 81.6 Å². The second-order valence-corrected chi connectivity index (χ2v) is 15.2. The van der Waals surface area contributed by atoms with E-state index in [0.717, 1.165) is 61.3 Å². The van der Waals surface area contributed by atoms with E-state index in [1.165, 1.54) is 42.1 Å². The number of para-hydroxylation sites is 2. The number of nitrogens with zero attached hydrogens (tertiary/aromatic N) is 1. The van der Waals surface area contributed by atoms with Gasteiger partial charge in [0.2, 0.25) is 0 Å². The number of hydrogen-bond acceptors (Lipinski definition) is 3. The van der Waals surface area contributed by atoms with Gasteiger partial charge < -0.3 is 9.32 Å². The van der Waals surface area contributed by atoms with Crippen LogP contribution >= 0.6 is 11.3 Å². The zero-order valence-electron chi connectivity index (χ0n) is 29.8. The average Bonchev–Trinajstić information content (AvgIpc) is 3.82. The number of benzene rings is 9. The van der Waals surface area contributed by atoms with Crippen molar-refractivity contribution in [2.24, 2.45) is 0 Å². The monoisotopic (exact) mass is 719 g/mol. The summed E-state index contributed by atoms with van der Waals surface area (Å²) in [5.41, 5.74) is 11.9. The Balaban J connectivity index is 1.18. The summed E-state index contributed by atoms with van der Waals surface area (Å²) in [6.07, 6.45) is 0. The predicted molar refractivity (Wildman–Crippen MR) is 235 cm³/mol. The maximum atomic E-state index is 6.55. The van der Waals surface area contributed by atoms with Crippen molar-refractivity contribution < 1.29 is 4.42 Å². The molecule has 11 aromatic rings. The molecule has 0 unspecified atom stereocenters. The molecule has 9 aromatic carbocycles. The molecule has 0 bridgehead atoms. The molecule has 3 heteroatoms. The topological polar surface area (TPSA) is 16.4 Å². The Morgan fingerprint density at radius 3 is 1.95 bits per heavy atom. The Morgan fingerprint density at radius 2 is 1.02 bits per heavy atom. The first kappa shape index (κ1) is 31.6. The summed E-state index contributed by atoms with van der Waals surface area (Å²) < 4.78 is 9.13. The fraction of sp³-hybridized carbons (Fsp3) is 0. The van der Waals surface area contributed by atoms with Crippen LogP contribution in [0.25, 0.3) is 86.3 Å². The van der Waals surface area contributed by atoms with E-state index in [1.807, 2.05) is 17.4 Å². The molecule has 0 aliphatic heterocycles. The summed E-state index contributed by atoms with van der Waals surface area (Å²) in [6.45, 7) is 0. The minimum absolute atomic E-state index is 0.900. The van der Waals surface area contributed by atoms with Crippen LogP contribution in [0, 0.1) is 0 Å². The molecule has 0 N–H and O–H groups in total. The molecule has 0 radical (unpaired) electrons. The number of rotatable bonds is 6. The van der Waals surface area contributed by atoms with Crippen molar-refractivity contribution in [2.45, 2.75) is 0 Å². The summed E-state index contributed by atoms with van der Waals surface area (Å²) in [4.78, 5) is 2.45. The number of hydrogen-bond donors (Lipinski definition) is 0. The highest BCUT2D eigenvalue weighted by Crippen LogP contribution is 2.47. The van der Waals surface area contributed by atoms with E-state index in [0.29, 0.717) is 0 Å². The highest BCUT2D eigenvalue weighted by molar-refractivity contribution is 7.25. The van der Waals surface area contributed by atoms with Crippen molar-refractivity contribution in [1.29, 1.82) is 0 Å². The maximum absolute atomic E-state index is 6.55. The highest BCUT2D eigenvalue weighted by atomic mass is 32.1. The molecule has 2 heterocycles. The first-order chi connectivity index (χ1) is 27.3. The summed E-state index contributed by atoms with van der Waals surface area (Å²) in [5.74, 6) is 0. The van der Waals surface area contributed by atoms with Gasteiger partial charge in [0.25, 0.3) is 0 Å². The van der Waals surface area contributed by atoms with Crippen LogP contribution in [0.15, 0.2) is 205 Å². The molecule has 2 aromatic heterocycles. The van der Waals surface area contributed by atoms with E-state index in [4.69, 9.17) is 4.42 Å². The molecular formula is C52H33NOS. The molecule has 0 atom stereocenters. The van der Waals surface area contributed by atoms with Crippen molar-refractivity contribution in [3.05, 3.63) is 200 Å². The van der Waals surface area contributed by atoms with Crippen molar-refractivity contribution in [3.8, 4) is 33.4 Å². The third kappa shape index (κ3) is 5.32. The third-order valence-corrected chi connectivity index (χ3v) is 12.0. The van der Waals surface area contributed by atoms with Gasteiger partial charge in [-0.3, -0.25) is 0 Å². The van der Waals surface area contributed by atoms with E-state index in [9.17, 15) is 0 Å². The zero-order chi connectivity index (χ0) is 36.3. The summed E-state index contributed by atoms with van der Waals surface area (Å²) >= 11 is 1.85. The molecule has 55 heavy (non-hydrogen) atoms. The second kappa shape index (κ2) is 12.9. The number of furan rings is 1. The lowest BCUT2D eigenvalue weighted by Crippen LogP contribution is -2.11. The second-order valence-electron chi connectivity index (χ2n) is 14.1. The third-order valence-electron chi connectivity index (χ3n) is 10.9. The van der Waals surface area contributed by atoms with Crippen molar-refractivity contribution in [2.75, 3.05) is 4.90 Å². The maximum Gasteiger partial charge on any atom is 0.143 e. The van der Waals surface area contributed by atoms with Crippen LogP contribution in [0.4, 0.5) is 17.1 Å². The Bertz CT molecular complexity index is 3220. The fourth-order valence-electron chi connectivity index (χ4n) is 8.29. The molecule has 0 aliphatic rings. The average molecular weight is 720 g/mol. The number of anilines is 3. The molecule has 2 nitrogen and oxygen atoms in total. The molecular weight excluding hydrogens is 687 g/mol. The summed E-state index contributed by atoms with van der Waals surface area (Å²) in [6, 6.07) is 72.4. The Hall–Kier alpha value is -6.94. The van der Waals surface area contributed by atoms with Crippen LogP contribution < -0.4 is 4.90 Å². The fourth-order valence-corrected chi connectivity index (χ4v) is 9.38. The van der Waals surface area contributed by atoms with Crippen LogP contribution in [-0.2, 0) is 0 Å². The molecule has 0 spiro atoms. The Kier molecular flexibility index (Phi) is 7.39. The molecule has 11 rings (SSSR count).